The number of benzene rings is 2. The second kappa shape index (κ2) is 22.1. The molecule has 2 fully saturated rings. The van der Waals surface area contributed by atoms with Crippen molar-refractivity contribution in [1.29, 1.82) is 0 Å². The summed E-state index contributed by atoms with van der Waals surface area (Å²) in [6.45, 7) is 4.16. The molecule has 2 aliphatic heterocycles. The SMILES string of the molecule is CC(=O)O.CC(=O)O.COCOc1ccc2c(c1)CCN(C1CC1)C2=O.COCOc1ccc2c(c1)CCNC2=O.OB(O)C1CC1.[Cu]. The second-order valence-electron chi connectivity index (χ2n) is 11.0. The van der Waals surface area contributed by atoms with Crippen molar-refractivity contribution >= 4 is 30.9 Å². The molecule has 5 N–H and O–H groups in total. The van der Waals surface area contributed by atoms with Crippen molar-refractivity contribution in [3.8, 4) is 11.5 Å². The number of methoxy groups -OCH3 is 2. The van der Waals surface area contributed by atoms with Crippen molar-refractivity contribution in [3.63, 3.8) is 0 Å². The van der Waals surface area contributed by atoms with Gasteiger partial charge in [0.1, 0.15) is 11.5 Å². The van der Waals surface area contributed by atoms with Crippen LogP contribution in [0.15, 0.2) is 36.4 Å². The van der Waals surface area contributed by atoms with E-state index in [-0.39, 0.29) is 48.3 Å². The van der Waals surface area contributed by atoms with Crippen LogP contribution in [-0.4, -0.2) is 103 Å². The Morgan fingerprint density at radius 3 is 1.73 bits per heavy atom. The van der Waals surface area contributed by atoms with Gasteiger partial charge in [-0.05, 0) is 79.0 Å². The third-order valence-electron chi connectivity index (χ3n) is 6.91. The van der Waals surface area contributed by atoms with Gasteiger partial charge in [-0.15, -0.1) is 0 Å². The Labute approximate surface area is 291 Å². The van der Waals surface area contributed by atoms with Crippen molar-refractivity contribution in [2.45, 2.75) is 64.2 Å². The van der Waals surface area contributed by atoms with E-state index in [0.29, 0.717) is 12.6 Å². The van der Waals surface area contributed by atoms with Crippen LogP contribution in [0.4, 0.5) is 0 Å². The van der Waals surface area contributed by atoms with E-state index in [0.717, 1.165) is 92.7 Å². The zero-order valence-corrected chi connectivity index (χ0v) is 28.5. The number of hydrogen-bond acceptors (Lipinski definition) is 10. The molecule has 0 unspecified atom stereocenters. The molecule has 2 aromatic rings. The van der Waals surface area contributed by atoms with E-state index >= 15 is 0 Å². The standard InChI is InChI=1S/C14H17NO3.C11H13NO3.C3H7BO2.2C2H4O2.Cu/c1-17-9-18-12-4-5-13-10(8-12)6-7-15(14(13)16)11-2-3-11;1-14-7-15-9-2-3-10-8(6-9)4-5-12-11(10)13;5-4(6)3-1-2-3;2*1-2(3)4;/h4-5,8,11H,2-3,6-7,9H2,1H3;2-3,6H,4-5,7H2,1H3,(H,12,13);3,5-6H,1-2H2;2*1H3,(H,3,4);. The summed E-state index contributed by atoms with van der Waals surface area (Å²) in [5.74, 6) is 0.227. The molecular formula is C32H45BCuN2O12. The van der Waals surface area contributed by atoms with Gasteiger partial charge in [-0.3, -0.25) is 19.2 Å². The molecule has 269 valence electrons. The molecule has 2 saturated carbocycles. The van der Waals surface area contributed by atoms with Gasteiger partial charge in [-0.1, -0.05) is 12.8 Å². The maximum Gasteiger partial charge on any atom is 0.454 e. The zero-order chi connectivity index (χ0) is 34.9. The van der Waals surface area contributed by atoms with Crippen LogP contribution in [0, 0.1) is 0 Å². The minimum Gasteiger partial charge on any atom is -0.481 e. The Kier molecular flexibility index (Phi) is 19.5. The molecule has 14 nitrogen and oxygen atoms in total. The zero-order valence-electron chi connectivity index (χ0n) is 27.6. The van der Waals surface area contributed by atoms with Crippen LogP contribution in [0.2, 0.25) is 5.82 Å². The predicted molar refractivity (Wildman–Crippen MR) is 171 cm³/mol. The van der Waals surface area contributed by atoms with Crippen LogP contribution < -0.4 is 14.8 Å². The molecule has 0 saturated heterocycles. The molecule has 48 heavy (non-hydrogen) atoms. The molecule has 0 bridgehead atoms. The summed E-state index contributed by atoms with van der Waals surface area (Å²) in [4.78, 5) is 43.7. The number of nitrogens with zero attached hydrogens (tertiary/aromatic N) is 1. The van der Waals surface area contributed by atoms with E-state index in [1.165, 1.54) is 0 Å². The van der Waals surface area contributed by atoms with Crippen molar-refractivity contribution in [2.75, 3.05) is 40.9 Å². The quantitative estimate of drug-likeness (QED) is 0.197. The Morgan fingerprint density at radius 2 is 1.31 bits per heavy atom. The molecule has 0 aromatic heterocycles. The van der Waals surface area contributed by atoms with E-state index in [4.69, 9.17) is 48.8 Å². The third kappa shape index (κ3) is 16.0. The Hall–Kier alpha value is -3.66. The first-order valence-electron chi connectivity index (χ1n) is 15.2. The van der Waals surface area contributed by atoms with Gasteiger partial charge < -0.3 is 49.4 Å². The smallest absolute Gasteiger partial charge is 0.454 e. The molecule has 0 spiro atoms. The van der Waals surface area contributed by atoms with Crippen LogP contribution >= 0.6 is 0 Å². The molecule has 2 aliphatic carbocycles. The van der Waals surface area contributed by atoms with E-state index in [1.807, 2.05) is 29.2 Å². The molecule has 2 amide bonds. The summed E-state index contributed by atoms with van der Waals surface area (Å²) in [5.41, 5.74) is 3.70. The van der Waals surface area contributed by atoms with Crippen LogP contribution in [0.3, 0.4) is 0 Å². The largest absolute Gasteiger partial charge is 0.481 e. The number of amides is 2. The number of carboxylic acid groups (broad SMARTS) is 2. The summed E-state index contributed by atoms with van der Waals surface area (Å²) in [7, 11) is 2.13. The number of ether oxygens (including phenoxy) is 4. The summed E-state index contributed by atoms with van der Waals surface area (Å²) >= 11 is 0. The maximum atomic E-state index is 12.3. The van der Waals surface area contributed by atoms with Crippen LogP contribution in [0.5, 0.6) is 11.5 Å². The number of nitrogens with one attached hydrogen (secondary N) is 1. The Morgan fingerprint density at radius 1 is 0.833 bits per heavy atom. The fourth-order valence-electron chi connectivity index (χ4n) is 4.45. The Bertz CT molecular complexity index is 1320. The summed E-state index contributed by atoms with van der Waals surface area (Å²) < 4.78 is 20.4. The molecule has 1 radical (unpaired) electrons. The van der Waals surface area contributed by atoms with Crippen LogP contribution in [-0.2, 0) is 49.0 Å². The van der Waals surface area contributed by atoms with Crippen molar-refractivity contribution < 1.29 is 75.5 Å². The fourth-order valence-corrected chi connectivity index (χ4v) is 4.45. The van der Waals surface area contributed by atoms with Crippen molar-refractivity contribution in [3.05, 3.63) is 58.7 Å². The van der Waals surface area contributed by atoms with E-state index in [9.17, 15) is 9.59 Å². The first-order valence-corrected chi connectivity index (χ1v) is 15.2. The normalized spacial score (nSPS) is 15.2. The second-order valence-corrected chi connectivity index (χ2v) is 11.0. The summed E-state index contributed by atoms with van der Waals surface area (Å²) in [6.07, 6.45) is 6.09. The van der Waals surface area contributed by atoms with Gasteiger partial charge in [0.2, 0.25) is 0 Å². The van der Waals surface area contributed by atoms with Crippen molar-refractivity contribution in [1.82, 2.24) is 10.2 Å². The van der Waals surface area contributed by atoms with E-state index in [2.05, 4.69) is 5.32 Å². The van der Waals surface area contributed by atoms with E-state index < -0.39 is 19.1 Å². The minimum atomic E-state index is -1.04. The molecule has 16 heteroatoms. The van der Waals surface area contributed by atoms with Crippen LogP contribution in [0.25, 0.3) is 0 Å². The minimum absolute atomic E-state index is 0. The van der Waals surface area contributed by atoms with Gasteiger partial charge in [0.25, 0.3) is 23.8 Å². The first-order chi connectivity index (χ1) is 22.4. The number of aliphatic carboxylic acids is 2. The number of fused-ring (bicyclic) bond motifs is 2. The monoisotopic (exact) mass is 723 g/mol. The van der Waals surface area contributed by atoms with Crippen LogP contribution in [0.1, 0.15) is 71.4 Å². The Balaban J connectivity index is 0.000000343. The van der Waals surface area contributed by atoms with E-state index in [1.54, 1.807) is 26.4 Å². The topological polar surface area (TPSA) is 201 Å². The number of carbonyl (C=O) groups is 4. The summed E-state index contributed by atoms with van der Waals surface area (Å²) in [5, 5.41) is 34.1. The molecule has 4 aliphatic rings. The molecule has 2 aromatic carbocycles. The first kappa shape index (κ1) is 42.4. The number of carboxylic acids is 2. The number of hydrogen-bond donors (Lipinski definition) is 5. The van der Waals surface area contributed by atoms with Gasteiger partial charge in [-0.2, -0.15) is 0 Å². The van der Waals surface area contributed by atoms with Gasteiger partial charge >= 0.3 is 7.12 Å². The van der Waals surface area contributed by atoms with Crippen molar-refractivity contribution in [2.24, 2.45) is 0 Å². The predicted octanol–water partition coefficient (Wildman–Crippen LogP) is 2.59. The maximum absolute atomic E-state index is 12.3. The third-order valence-corrected chi connectivity index (χ3v) is 6.91. The summed E-state index contributed by atoms with van der Waals surface area (Å²) in [6, 6.07) is 11.6. The molecule has 0 atom stereocenters. The molecule has 6 rings (SSSR count). The van der Waals surface area contributed by atoms with Gasteiger partial charge in [-0.25, -0.2) is 0 Å². The van der Waals surface area contributed by atoms with Gasteiger partial charge in [0.15, 0.2) is 13.6 Å². The number of carbonyl (C=O) groups excluding carboxylic acids is 2. The molecular weight excluding hydrogens is 679 g/mol. The fraction of sp³-hybridized carbons (Fsp3) is 0.500. The van der Waals surface area contributed by atoms with Gasteiger partial charge in [0.05, 0.1) is 0 Å². The molecule has 2 heterocycles. The number of rotatable bonds is 8. The average Bonchev–Trinajstić information content (AvgIpc) is 3.93. The average molecular weight is 724 g/mol. The van der Waals surface area contributed by atoms with Gasteiger partial charge in [0, 0.05) is 75.4 Å².